The van der Waals surface area contributed by atoms with Crippen LogP contribution in [0.1, 0.15) is 20.3 Å². The average Bonchev–Trinajstić information content (AvgIpc) is 2.33. The molecule has 0 aliphatic carbocycles. The maximum absolute atomic E-state index is 5.83. The number of halogens is 1. The number of aromatic nitrogens is 1. The van der Waals surface area contributed by atoms with E-state index in [0.29, 0.717) is 10.8 Å². The van der Waals surface area contributed by atoms with E-state index in [0.717, 1.165) is 32.7 Å². The minimum absolute atomic E-state index is 0.0809. The van der Waals surface area contributed by atoms with Crippen LogP contribution < -0.4 is 10.1 Å². The summed E-state index contributed by atoms with van der Waals surface area (Å²) in [5.74, 6) is 0.700. The predicted molar refractivity (Wildman–Crippen MR) is 73.3 cm³/mol. The van der Waals surface area contributed by atoms with Gasteiger partial charge in [0, 0.05) is 32.0 Å². The molecule has 102 valence electrons. The largest absolute Gasteiger partial charge is 0.488 e. The van der Waals surface area contributed by atoms with E-state index in [4.69, 9.17) is 21.1 Å². The smallest absolute Gasteiger partial charge is 0.139 e. The summed E-state index contributed by atoms with van der Waals surface area (Å²) in [5, 5.41) is 3.91. The van der Waals surface area contributed by atoms with Crippen LogP contribution in [-0.2, 0) is 4.74 Å². The SMILES string of the molecule is CCOCCCNCC(C)Oc1cncc(Cl)c1. The van der Waals surface area contributed by atoms with Gasteiger partial charge < -0.3 is 14.8 Å². The van der Waals surface area contributed by atoms with Crippen LogP contribution in [0.3, 0.4) is 0 Å². The Labute approximate surface area is 114 Å². The summed E-state index contributed by atoms with van der Waals surface area (Å²) in [6, 6.07) is 1.76. The first-order valence-electron chi connectivity index (χ1n) is 6.28. The van der Waals surface area contributed by atoms with E-state index in [9.17, 15) is 0 Å². The van der Waals surface area contributed by atoms with Crippen LogP contribution in [-0.4, -0.2) is 37.4 Å². The lowest BCUT2D eigenvalue weighted by atomic mass is 10.3. The first kappa shape index (κ1) is 15.2. The fourth-order valence-electron chi connectivity index (χ4n) is 1.48. The highest BCUT2D eigenvalue weighted by Gasteiger charge is 2.04. The molecule has 5 heteroatoms. The van der Waals surface area contributed by atoms with Crippen LogP contribution in [0.15, 0.2) is 18.5 Å². The van der Waals surface area contributed by atoms with Crippen LogP contribution in [0.4, 0.5) is 0 Å². The molecule has 0 fully saturated rings. The molecule has 18 heavy (non-hydrogen) atoms. The van der Waals surface area contributed by atoms with Crippen molar-refractivity contribution >= 4 is 11.6 Å². The summed E-state index contributed by atoms with van der Waals surface area (Å²) in [6.07, 6.45) is 4.35. The van der Waals surface area contributed by atoms with E-state index in [-0.39, 0.29) is 6.10 Å². The monoisotopic (exact) mass is 272 g/mol. The van der Waals surface area contributed by atoms with Crippen molar-refractivity contribution in [2.75, 3.05) is 26.3 Å². The Hall–Kier alpha value is -0.840. The fraction of sp³-hybridized carbons (Fsp3) is 0.615. The van der Waals surface area contributed by atoms with E-state index >= 15 is 0 Å². The predicted octanol–water partition coefficient (Wildman–Crippen LogP) is 2.52. The molecule has 1 heterocycles. The highest BCUT2D eigenvalue weighted by molar-refractivity contribution is 6.30. The minimum atomic E-state index is 0.0809. The summed E-state index contributed by atoms with van der Waals surface area (Å²) in [4.78, 5) is 3.97. The molecule has 0 aromatic carbocycles. The Balaban J connectivity index is 2.12. The lowest BCUT2D eigenvalue weighted by molar-refractivity contribution is 0.143. The van der Waals surface area contributed by atoms with Gasteiger partial charge in [-0.05, 0) is 26.8 Å². The van der Waals surface area contributed by atoms with Crippen molar-refractivity contribution in [2.24, 2.45) is 0 Å². The van der Waals surface area contributed by atoms with Gasteiger partial charge in [-0.1, -0.05) is 11.6 Å². The van der Waals surface area contributed by atoms with Crippen molar-refractivity contribution in [1.82, 2.24) is 10.3 Å². The van der Waals surface area contributed by atoms with Gasteiger partial charge >= 0.3 is 0 Å². The Bertz CT molecular complexity index is 337. The maximum atomic E-state index is 5.83. The van der Waals surface area contributed by atoms with Crippen molar-refractivity contribution in [3.05, 3.63) is 23.5 Å². The van der Waals surface area contributed by atoms with Crippen LogP contribution in [0, 0.1) is 0 Å². The van der Waals surface area contributed by atoms with E-state index in [1.807, 2.05) is 13.8 Å². The van der Waals surface area contributed by atoms with Gasteiger partial charge in [0.15, 0.2) is 0 Å². The normalized spacial score (nSPS) is 12.4. The molecular formula is C13H21ClN2O2. The molecule has 1 aromatic rings. The third kappa shape index (κ3) is 6.79. The Kier molecular flexibility index (Phi) is 7.73. The number of ether oxygens (including phenoxy) is 2. The van der Waals surface area contributed by atoms with Gasteiger partial charge in [0.1, 0.15) is 11.9 Å². The van der Waals surface area contributed by atoms with Gasteiger partial charge in [0.2, 0.25) is 0 Å². The Morgan fingerprint density at radius 2 is 2.28 bits per heavy atom. The average molecular weight is 273 g/mol. The molecule has 1 atom stereocenters. The van der Waals surface area contributed by atoms with Crippen LogP contribution in [0.25, 0.3) is 0 Å². The summed E-state index contributed by atoms with van der Waals surface area (Å²) >= 11 is 5.83. The number of nitrogens with one attached hydrogen (secondary N) is 1. The number of rotatable bonds is 9. The molecule has 0 saturated carbocycles. The first-order chi connectivity index (χ1) is 8.72. The Morgan fingerprint density at radius 1 is 1.44 bits per heavy atom. The van der Waals surface area contributed by atoms with Crippen LogP contribution in [0.5, 0.6) is 5.75 Å². The molecule has 4 nitrogen and oxygen atoms in total. The van der Waals surface area contributed by atoms with Gasteiger partial charge in [-0.3, -0.25) is 4.98 Å². The second-order valence-electron chi connectivity index (χ2n) is 4.02. The standard InChI is InChI=1S/C13H21ClN2O2/c1-3-17-6-4-5-15-8-11(2)18-13-7-12(14)9-16-10-13/h7,9-11,15H,3-6,8H2,1-2H3. The maximum Gasteiger partial charge on any atom is 0.139 e. The summed E-state index contributed by atoms with van der Waals surface area (Å²) in [5.41, 5.74) is 0. The minimum Gasteiger partial charge on any atom is -0.488 e. The van der Waals surface area contributed by atoms with E-state index in [2.05, 4.69) is 10.3 Å². The number of hydrogen-bond acceptors (Lipinski definition) is 4. The molecule has 0 aliphatic heterocycles. The van der Waals surface area contributed by atoms with Gasteiger partial charge in [0.05, 0.1) is 11.2 Å². The molecule has 0 amide bonds. The molecule has 0 aliphatic rings. The highest BCUT2D eigenvalue weighted by atomic mass is 35.5. The summed E-state index contributed by atoms with van der Waals surface area (Å²) < 4.78 is 10.9. The Morgan fingerprint density at radius 3 is 3.00 bits per heavy atom. The van der Waals surface area contributed by atoms with Gasteiger partial charge in [0.25, 0.3) is 0 Å². The molecule has 1 aromatic heterocycles. The second kappa shape index (κ2) is 9.14. The quantitative estimate of drug-likeness (QED) is 0.702. The number of pyridine rings is 1. The zero-order chi connectivity index (χ0) is 13.2. The van der Waals surface area contributed by atoms with Crippen LogP contribution >= 0.6 is 11.6 Å². The molecule has 0 saturated heterocycles. The van der Waals surface area contributed by atoms with Crippen molar-refractivity contribution in [3.63, 3.8) is 0 Å². The molecule has 0 radical (unpaired) electrons. The molecule has 0 bridgehead atoms. The zero-order valence-electron chi connectivity index (χ0n) is 11.0. The van der Waals surface area contributed by atoms with Gasteiger partial charge in [-0.25, -0.2) is 0 Å². The second-order valence-corrected chi connectivity index (χ2v) is 4.46. The summed E-state index contributed by atoms with van der Waals surface area (Å²) in [7, 11) is 0. The fourth-order valence-corrected chi connectivity index (χ4v) is 1.64. The third-order valence-electron chi connectivity index (χ3n) is 2.30. The molecule has 1 N–H and O–H groups in total. The van der Waals surface area contributed by atoms with Crippen molar-refractivity contribution < 1.29 is 9.47 Å². The topological polar surface area (TPSA) is 43.4 Å². The van der Waals surface area contributed by atoms with Crippen LogP contribution in [0.2, 0.25) is 5.02 Å². The number of hydrogen-bond donors (Lipinski definition) is 1. The van der Waals surface area contributed by atoms with Crippen molar-refractivity contribution in [2.45, 2.75) is 26.4 Å². The summed E-state index contributed by atoms with van der Waals surface area (Å²) in [6.45, 7) is 7.32. The van der Waals surface area contributed by atoms with Gasteiger partial charge in [-0.2, -0.15) is 0 Å². The number of nitrogens with zero attached hydrogens (tertiary/aromatic N) is 1. The molecular weight excluding hydrogens is 252 g/mol. The molecule has 1 unspecified atom stereocenters. The van der Waals surface area contributed by atoms with Crippen molar-refractivity contribution in [1.29, 1.82) is 0 Å². The van der Waals surface area contributed by atoms with Crippen molar-refractivity contribution in [3.8, 4) is 5.75 Å². The molecule has 1 rings (SSSR count). The molecule has 0 spiro atoms. The van der Waals surface area contributed by atoms with Gasteiger partial charge in [-0.15, -0.1) is 0 Å². The van der Waals surface area contributed by atoms with E-state index in [1.165, 1.54) is 0 Å². The highest BCUT2D eigenvalue weighted by Crippen LogP contribution is 2.16. The van der Waals surface area contributed by atoms with E-state index in [1.54, 1.807) is 18.5 Å². The first-order valence-corrected chi connectivity index (χ1v) is 6.66. The lowest BCUT2D eigenvalue weighted by Crippen LogP contribution is -2.30. The zero-order valence-corrected chi connectivity index (χ0v) is 11.7. The third-order valence-corrected chi connectivity index (χ3v) is 2.50. The van der Waals surface area contributed by atoms with E-state index < -0.39 is 0 Å². The lowest BCUT2D eigenvalue weighted by Gasteiger charge is -2.15.